The van der Waals surface area contributed by atoms with E-state index in [1.54, 1.807) is 0 Å². The Balaban J connectivity index is 0. The number of hydrogen-bond donors (Lipinski definition) is 3. The fourth-order valence-corrected chi connectivity index (χ4v) is 0.571. The zero-order chi connectivity index (χ0) is 9.07. The van der Waals surface area contributed by atoms with Crippen molar-refractivity contribution in [2.45, 2.75) is 6.10 Å². The molecular formula is C3H6NaO7P. The summed E-state index contributed by atoms with van der Waals surface area (Å²) in [5.41, 5.74) is 0. The van der Waals surface area contributed by atoms with Crippen LogP contribution in [0.1, 0.15) is 0 Å². The first-order chi connectivity index (χ1) is 4.83. The minimum atomic E-state index is -4.71. The summed E-state index contributed by atoms with van der Waals surface area (Å²) < 4.78 is 13.6. The molecule has 0 bridgehead atoms. The summed E-state index contributed by atoms with van der Waals surface area (Å²) in [6.45, 7) is -0.993. The number of rotatable bonds is 4. The van der Waals surface area contributed by atoms with Crippen LogP contribution in [0, 0.1) is 0 Å². The van der Waals surface area contributed by atoms with Crippen molar-refractivity contribution in [2.24, 2.45) is 0 Å². The number of aliphatic hydroxyl groups is 1. The number of aliphatic hydroxyl groups excluding tert-OH is 1. The Morgan fingerprint density at radius 3 is 2.25 bits per heavy atom. The first-order valence-corrected chi connectivity index (χ1v) is 3.95. The molecule has 0 spiro atoms. The zero-order valence-electron chi connectivity index (χ0n) is 6.21. The van der Waals surface area contributed by atoms with Crippen molar-refractivity contribution in [1.82, 2.24) is 0 Å². The molecule has 0 fully saturated rings. The number of hydrogen-bond acceptors (Lipinski definition) is 5. The topological polar surface area (TPSA) is 127 Å². The summed E-state index contributed by atoms with van der Waals surface area (Å²) in [5, 5.41) is 18.1. The standard InChI is InChI=1S/C3H7O7P.Na/c4-2(3(5)6)1-10-11(7,8)9;/h2,4H,1H2,(H,5,6)(H2,7,8,9);/q;+1/p-1/t2-;/m1./s1. The number of phosphoric ester groups is 1. The maximum Gasteiger partial charge on any atom is 1.00 e. The normalized spacial score (nSPS) is 13.2. The first kappa shape index (κ1) is 15.0. The molecule has 9 heteroatoms. The van der Waals surface area contributed by atoms with E-state index in [0.717, 1.165) is 0 Å². The van der Waals surface area contributed by atoms with E-state index in [0.29, 0.717) is 0 Å². The Morgan fingerprint density at radius 1 is 1.58 bits per heavy atom. The van der Waals surface area contributed by atoms with Gasteiger partial charge in [0, 0.05) is 0 Å². The van der Waals surface area contributed by atoms with Crippen molar-refractivity contribution in [1.29, 1.82) is 0 Å². The molecule has 0 amide bonds. The van der Waals surface area contributed by atoms with Gasteiger partial charge in [0.1, 0.15) is 6.10 Å². The Labute approximate surface area is 89.9 Å². The molecule has 0 aromatic heterocycles. The van der Waals surface area contributed by atoms with Crippen molar-refractivity contribution in [3.8, 4) is 0 Å². The van der Waals surface area contributed by atoms with Crippen LogP contribution in [0.25, 0.3) is 0 Å². The van der Waals surface area contributed by atoms with Crippen LogP contribution in [0.2, 0.25) is 0 Å². The quantitative estimate of drug-likeness (QED) is 0.310. The van der Waals surface area contributed by atoms with Gasteiger partial charge in [0.25, 0.3) is 0 Å². The number of aliphatic carboxylic acids is 1. The van der Waals surface area contributed by atoms with Crippen molar-refractivity contribution in [3.05, 3.63) is 0 Å². The van der Waals surface area contributed by atoms with E-state index >= 15 is 0 Å². The van der Waals surface area contributed by atoms with Gasteiger partial charge in [-0.3, -0.25) is 4.52 Å². The number of carboxylic acid groups (broad SMARTS) is 1. The SMILES string of the molecule is O=C([O-])[C@H](O)COP(=O)(O)O.[Na+]. The molecule has 7 nitrogen and oxygen atoms in total. The van der Waals surface area contributed by atoms with Crippen LogP contribution < -0.4 is 34.7 Å². The van der Waals surface area contributed by atoms with Gasteiger partial charge in [-0.05, 0) is 0 Å². The average molecular weight is 208 g/mol. The molecule has 1 atom stereocenters. The van der Waals surface area contributed by atoms with Gasteiger partial charge in [-0.1, -0.05) is 0 Å². The maximum absolute atomic E-state index is 9.91. The predicted molar refractivity (Wildman–Crippen MR) is 29.0 cm³/mol. The summed E-state index contributed by atoms with van der Waals surface area (Å²) in [6, 6.07) is 0. The molecule has 12 heavy (non-hydrogen) atoms. The summed E-state index contributed by atoms with van der Waals surface area (Å²) in [7, 11) is -4.71. The fraction of sp³-hybridized carbons (Fsp3) is 0.667. The number of carboxylic acids is 1. The van der Waals surface area contributed by atoms with Crippen molar-refractivity contribution >= 4 is 13.8 Å². The molecule has 0 aliphatic carbocycles. The number of carbonyl (C=O) groups excluding carboxylic acids is 1. The summed E-state index contributed by atoms with van der Waals surface area (Å²) in [5.74, 6) is -1.85. The molecule has 0 aromatic carbocycles. The summed E-state index contributed by atoms with van der Waals surface area (Å²) in [4.78, 5) is 25.7. The zero-order valence-corrected chi connectivity index (χ0v) is 9.10. The van der Waals surface area contributed by atoms with Gasteiger partial charge in [-0.15, -0.1) is 0 Å². The van der Waals surface area contributed by atoms with Crippen molar-refractivity contribution in [2.75, 3.05) is 6.61 Å². The van der Waals surface area contributed by atoms with Gasteiger partial charge < -0.3 is 24.8 Å². The molecule has 0 aliphatic heterocycles. The van der Waals surface area contributed by atoms with Gasteiger partial charge in [0.2, 0.25) is 0 Å². The second-order valence-electron chi connectivity index (χ2n) is 1.62. The Morgan fingerprint density at radius 2 is 2.00 bits per heavy atom. The molecule has 3 N–H and O–H groups in total. The number of phosphoric acid groups is 1. The minimum Gasteiger partial charge on any atom is -0.547 e. The van der Waals surface area contributed by atoms with Crippen LogP contribution in [-0.4, -0.2) is 33.6 Å². The van der Waals surface area contributed by atoms with E-state index in [1.807, 2.05) is 0 Å². The van der Waals surface area contributed by atoms with Crippen molar-refractivity contribution < 1.29 is 63.4 Å². The summed E-state index contributed by atoms with van der Waals surface area (Å²) >= 11 is 0. The second kappa shape index (κ2) is 6.06. The molecule has 66 valence electrons. The number of carbonyl (C=O) groups is 1. The molecule has 0 saturated carbocycles. The molecule has 0 radical (unpaired) electrons. The smallest absolute Gasteiger partial charge is 0.547 e. The molecule has 0 saturated heterocycles. The van der Waals surface area contributed by atoms with E-state index in [9.17, 15) is 14.5 Å². The largest absolute Gasteiger partial charge is 1.00 e. The van der Waals surface area contributed by atoms with Crippen LogP contribution >= 0.6 is 7.82 Å². The van der Waals surface area contributed by atoms with Gasteiger partial charge in [0.15, 0.2) is 0 Å². The molecule has 0 aliphatic rings. The fourth-order valence-electron chi connectivity index (χ4n) is 0.236. The van der Waals surface area contributed by atoms with E-state index in [-0.39, 0.29) is 29.6 Å². The van der Waals surface area contributed by atoms with Crippen LogP contribution in [0.3, 0.4) is 0 Å². The maximum atomic E-state index is 9.91. The minimum absolute atomic E-state index is 0. The van der Waals surface area contributed by atoms with Gasteiger partial charge >= 0.3 is 37.4 Å². The van der Waals surface area contributed by atoms with Gasteiger partial charge in [-0.2, -0.15) is 0 Å². The Bertz CT molecular complexity index is 187. The predicted octanol–water partition coefficient (Wildman–Crippen LogP) is -5.79. The third-order valence-electron chi connectivity index (χ3n) is 0.673. The monoisotopic (exact) mass is 208 g/mol. The third kappa shape index (κ3) is 8.63. The van der Waals surface area contributed by atoms with Crippen molar-refractivity contribution in [3.63, 3.8) is 0 Å². The molecule has 0 heterocycles. The van der Waals surface area contributed by atoms with E-state index in [4.69, 9.17) is 14.9 Å². The first-order valence-electron chi connectivity index (χ1n) is 2.42. The molecule has 0 rings (SSSR count). The Kier molecular flexibility index (Phi) is 7.60. The third-order valence-corrected chi connectivity index (χ3v) is 1.16. The Hall–Kier alpha value is 0.540. The average Bonchev–Trinajstić information content (AvgIpc) is 1.80. The summed E-state index contributed by atoms with van der Waals surface area (Å²) in [6.07, 6.45) is -2.03. The second-order valence-corrected chi connectivity index (χ2v) is 2.86. The van der Waals surface area contributed by atoms with E-state index in [1.165, 1.54) is 0 Å². The molecule has 0 unspecified atom stereocenters. The van der Waals surface area contributed by atoms with Crippen LogP contribution in [0.15, 0.2) is 0 Å². The van der Waals surface area contributed by atoms with Crippen LogP contribution in [-0.2, 0) is 13.9 Å². The van der Waals surface area contributed by atoms with E-state index in [2.05, 4.69) is 4.52 Å². The van der Waals surface area contributed by atoms with Gasteiger partial charge in [-0.25, -0.2) is 4.57 Å². The van der Waals surface area contributed by atoms with Crippen LogP contribution in [0.4, 0.5) is 0 Å². The van der Waals surface area contributed by atoms with Crippen LogP contribution in [0.5, 0.6) is 0 Å². The molecular weight excluding hydrogens is 202 g/mol. The van der Waals surface area contributed by atoms with E-state index < -0.39 is 26.5 Å². The van der Waals surface area contributed by atoms with Gasteiger partial charge in [0.05, 0.1) is 12.6 Å². The molecule has 0 aromatic rings.